The third-order valence-electron chi connectivity index (χ3n) is 9.13. The van der Waals surface area contributed by atoms with E-state index in [1.165, 1.54) is 23.6 Å². The predicted octanol–water partition coefficient (Wildman–Crippen LogP) is 6.62. The van der Waals surface area contributed by atoms with Gasteiger partial charge in [-0.25, -0.2) is 22.8 Å². The first-order chi connectivity index (χ1) is 23.1. The molecule has 1 fully saturated rings. The van der Waals surface area contributed by atoms with Crippen LogP contribution in [-0.4, -0.2) is 52.5 Å². The minimum atomic E-state index is -3.72. The lowest BCUT2D eigenvalue weighted by Crippen LogP contribution is -2.17. The SMILES string of the molecule is Cc1nnc(-c2c(CCC3CCOCC3)nc3c(c2-c2cc4ccnc(NCc5cnc(C#N)c(F)c5)c4s2)S(=O)(=O)CC3C(C)C)o1. The maximum atomic E-state index is 14.2. The summed E-state index contributed by atoms with van der Waals surface area (Å²) in [6.45, 7) is 7.47. The molecule has 5 aromatic rings. The molecule has 5 aromatic heterocycles. The fourth-order valence-electron chi connectivity index (χ4n) is 6.59. The van der Waals surface area contributed by atoms with Crippen molar-refractivity contribution in [3.05, 3.63) is 64.9 Å². The number of fused-ring (bicyclic) bond motifs is 2. The molecule has 11 nitrogen and oxygen atoms in total. The Bertz CT molecular complexity index is 2170. The second-order valence-corrected chi connectivity index (χ2v) is 15.7. The normalized spacial score (nSPS) is 17.5. The summed E-state index contributed by atoms with van der Waals surface area (Å²) in [5.41, 5.74) is 2.74. The molecule has 0 amide bonds. The molecule has 1 N–H and O–H groups in total. The van der Waals surface area contributed by atoms with Gasteiger partial charge in [0.1, 0.15) is 11.9 Å². The van der Waals surface area contributed by atoms with Crippen molar-refractivity contribution in [3.63, 3.8) is 0 Å². The smallest absolute Gasteiger partial charge is 0.250 e. The summed E-state index contributed by atoms with van der Waals surface area (Å²) in [6.07, 6.45) is 6.57. The number of rotatable bonds is 9. The highest BCUT2D eigenvalue weighted by Crippen LogP contribution is 2.51. The Hall–Kier alpha value is -4.32. The highest BCUT2D eigenvalue weighted by atomic mass is 32.2. The molecule has 0 aromatic carbocycles. The van der Waals surface area contributed by atoms with E-state index in [9.17, 15) is 12.8 Å². The molecule has 248 valence electrons. The number of halogens is 1. The van der Waals surface area contributed by atoms with Crippen molar-refractivity contribution in [3.8, 4) is 28.0 Å². The first kappa shape index (κ1) is 32.2. The Morgan fingerprint density at radius 3 is 2.69 bits per heavy atom. The van der Waals surface area contributed by atoms with E-state index in [-0.39, 0.29) is 40.6 Å². The van der Waals surface area contributed by atoms with Crippen molar-refractivity contribution in [1.82, 2.24) is 25.1 Å². The van der Waals surface area contributed by atoms with E-state index < -0.39 is 15.7 Å². The molecule has 2 aliphatic heterocycles. The van der Waals surface area contributed by atoms with Gasteiger partial charge in [0.15, 0.2) is 21.3 Å². The number of sulfone groups is 1. The quantitative estimate of drug-likeness (QED) is 0.178. The Labute approximate surface area is 281 Å². The van der Waals surface area contributed by atoms with Crippen LogP contribution in [0.5, 0.6) is 0 Å². The van der Waals surface area contributed by atoms with Gasteiger partial charge >= 0.3 is 0 Å². The number of ether oxygens (including phenoxy) is 1. The average molecular weight is 688 g/mol. The molecule has 0 radical (unpaired) electrons. The lowest BCUT2D eigenvalue weighted by molar-refractivity contribution is 0.0639. The van der Waals surface area contributed by atoms with Crippen molar-refractivity contribution in [2.24, 2.45) is 11.8 Å². The van der Waals surface area contributed by atoms with Crippen molar-refractivity contribution in [2.75, 3.05) is 24.3 Å². The van der Waals surface area contributed by atoms with Gasteiger partial charge in [-0.1, -0.05) is 13.8 Å². The third-order valence-corrected chi connectivity index (χ3v) is 12.1. The first-order valence-corrected chi connectivity index (χ1v) is 18.4. The fourth-order valence-corrected chi connectivity index (χ4v) is 10.1. The van der Waals surface area contributed by atoms with E-state index in [0.717, 1.165) is 53.1 Å². The largest absolute Gasteiger partial charge is 0.421 e. The Morgan fingerprint density at radius 2 is 1.98 bits per heavy atom. The number of aryl methyl sites for hydroxylation is 2. The van der Waals surface area contributed by atoms with Crippen LogP contribution in [0.2, 0.25) is 0 Å². The number of hydrogen-bond acceptors (Lipinski definition) is 12. The third kappa shape index (κ3) is 6.06. The van der Waals surface area contributed by atoms with E-state index in [1.807, 2.05) is 26.0 Å². The summed E-state index contributed by atoms with van der Waals surface area (Å²) >= 11 is 1.41. The molecule has 1 saturated heterocycles. The van der Waals surface area contributed by atoms with Crippen molar-refractivity contribution in [2.45, 2.75) is 63.8 Å². The Morgan fingerprint density at radius 1 is 1.17 bits per heavy atom. The molecule has 0 saturated carbocycles. The van der Waals surface area contributed by atoms with Crippen LogP contribution in [0.3, 0.4) is 0 Å². The van der Waals surface area contributed by atoms with E-state index in [0.29, 0.717) is 46.4 Å². The van der Waals surface area contributed by atoms with Gasteiger partial charge in [-0.05, 0) is 66.7 Å². The number of thiophene rings is 1. The number of pyridine rings is 3. The number of nitrogens with one attached hydrogen (secondary N) is 1. The van der Waals surface area contributed by atoms with E-state index in [4.69, 9.17) is 19.4 Å². The van der Waals surface area contributed by atoms with Gasteiger partial charge in [0, 0.05) is 55.4 Å². The van der Waals surface area contributed by atoms with Crippen LogP contribution in [0.1, 0.15) is 67.6 Å². The minimum Gasteiger partial charge on any atom is -0.421 e. The summed E-state index contributed by atoms with van der Waals surface area (Å²) in [4.78, 5) is 14.5. The van der Waals surface area contributed by atoms with Gasteiger partial charge in [-0.3, -0.25) is 4.98 Å². The molecular formula is C34H34FN7O4S2. The fraction of sp³-hybridized carbons (Fsp3) is 0.412. The standard InChI is InChI=1S/C34H34FN7O4S2/c1-18(2)23-17-48(43,44)32-29(28(34-42-41-19(3)46-34)25(40-30(23)32)5-4-20-7-10-45-11-8-20)27-13-22-6-9-37-33(31(22)47-27)39-16-21-12-24(35)26(14-36)38-15-21/h6,9,12-13,15,18,20,23H,4-5,7-8,10-11,16-17H2,1-3H3,(H,37,39). The molecule has 14 heteroatoms. The maximum absolute atomic E-state index is 14.2. The van der Waals surface area contributed by atoms with Crippen LogP contribution < -0.4 is 5.32 Å². The van der Waals surface area contributed by atoms with E-state index in [2.05, 4.69) is 25.5 Å². The summed E-state index contributed by atoms with van der Waals surface area (Å²) in [7, 11) is -3.72. The second kappa shape index (κ2) is 12.9. The van der Waals surface area contributed by atoms with Gasteiger partial charge in [0.05, 0.1) is 32.3 Å². The van der Waals surface area contributed by atoms with Gasteiger partial charge < -0.3 is 14.5 Å². The van der Waals surface area contributed by atoms with Gasteiger partial charge in [-0.2, -0.15) is 5.26 Å². The zero-order valence-corrected chi connectivity index (χ0v) is 28.4. The summed E-state index contributed by atoms with van der Waals surface area (Å²) in [6, 6.07) is 6.85. The lowest BCUT2D eigenvalue weighted by atomic mass is 9.89. The molecule has 0 bridgehead atoms. The number of anilines is 1. The summed E-state index contributed by atoms with van der Waals surface area (Å²) < 4.78 is 54.8. The maximum Gasteiger partial charge on any atom is 0.250 e. The van der Waals surface area contributed by atoms with Crippen LogP contribution >= 0.6 is 11.3 Å². The van der Waals surface area contributed by atoms with Crippen molar-refractivity contribution < 1.29 is 22.0 Å². The van der Waals surface area contributed by atoms with Crippen LogP contribution in [0.4, 0.5) is 10.2 Å². The minimum absolute atomic E-state index is 0.0137. The van der Waals surface area contributed by atoms with E-state index >= 15 is 0 Å². The Kier molecular flexibility index (Phi) is 8.69. The zero-order chi connectivity index (χ0) is 33.6. The van der Waals surface area contributed by atoms with E-state index in [1.54, 1.807) is 19.2 Å². The number of hydrogen-bond donors (Lipinski definition) is 1. The molecule has 7 heterocycles. The van der Waals surface area contributed by atoms with Gasteiger partial charge in [0.2, 0.25) is 11.8 Å². The summed E-state index contributed by atoms with van der Waals surface area (Å²) in [5.74, 6) is 0.747. The number of nitriles is 1. The summed E-state index contributed by atoms with van der Waals surface area (Å²) in [5, 5.41) is 21.7. The number of aromatic nitrogens is 5. The lowest BCUT2D eigenvalue weighted by Gasteiger charge is -2.23. The molecular weight excluding hydrogens is 654 g/mol. The molecule has 0 spiro atoms. The highest BCUT2D eigenvalue weighted by molar-refractivity contribution is 7.92. The Balaban J connectivity index is 1.39. The second-order valence-electron chi connectivity index (χ2n) is 12.7. The van der Waals surface area contributed by atoms with Crippen LogP contribution in [0, 0.1) is 35.9 Å². The topological polar surface area (TPSA) is 157 Å². The van der Waals surface area contributed by atoms with Crippen molar-refractivity contribution >= 4 is 37.1 Å². The highest BCUT2D eigenvalue weighted by Gasteiger charge is 2.43. The molecule has 48 heavy (non-hydrogen) atoms. The molecule has 0 aliphatic carbocycles. The predicted molar refractivity (Wildman–Crippen MR) is 179 cm³/mol. The van der Waals surface area contributed by atoms with Gasteiger partial charge in [-0.15, -0.1) is 21.5 Å². The number of nitrogens with zero attached hydrogens (tertiary/aromatic N) is 6. The average Bonchev–Trinajstić information content (AvgIpc) is 3.78. The van der Waals surface area contributed by atoms with Crippen LogP contribution in [0.25, 0.3) is 32.0 Å². The molecule has 2 aliphatic rings. The molecule has 1 unspecified atom stereocenters. The van der Waals surface area contributed by atoms with Crippen LogP contribution in [0.15, 0.2) is 39.9 Å². The zero-order valence-electron chi connectivity index (χ0n) is 26.8. The first-order valence-electron chi connectivity index (χ1n) is 16.0. The molecule has 7 rings (SSSR count). The van der Waals surface area contributed by atoms with Crippen molar-refractivity contribution in [1.29, 1.82) is 5.26 Å². The van der Waals surface area contributed by atoms with Crippen LogP contribution in [-0.2, 0) is 27.5 Å². The monoisotopic (exact) mass is 687 g/mol. The molecule has 1 atom stereocenters. The van der Waals surface area contributed by atoms with Gasteiger partial charge in [0.25, 0.3) is 0 Å².